The Bertz CT molecular complexity index is 990. The maximum absolute atomic E-state index is 13.0. The van der Waals surface area contributed by atoms with Crippen LogP contribution in [0.25, 0.3) is 5.65 Å². The molecule has 7 nitrogen and oxygen atoms in total. The highest BCUT2D eigenvalue weighted by molar-refractivity contribution is 9.10. The average molecular weight is 401 g/mol. The Labute approximate surface area is 140 Å². The summed E-state index contributed by atoms with van der Waals surface area (Å²) in [5.74, 6) is -0.289. The number of halogens is 4. The highest BCUT2D eigenvalue weighted by atomic mass is 79.9. The van der Waals surface area contributed by atoms with E-state index < -0.39 is 17.4 Å². The number of azo groups is 1. The zero-order valence-corrected chi connectivity index (χ0v) is 13.3. The number of rotatable bonds is 2. The quantitative estimate of drug-likeness (QED) is 0.639. The van der Waals surface area contributed by atoms with Crippen molar-refractivity contribution in [1.29, 1.82) is 0 Å². The number of benzene rings is 1. The average Bonchev–Trinajstić information content (AvgIpc) is 2.80. The first-order valence-corrected chi connectivity index (χ1v) is 7.21. The third-order valence-electron chi connectivity index (χ3n) is 3.01. The van der Waals surface area contributed by atoms with Gasteiger partial charge in [-0.3, -0.25) is 4.79 Å². The van der Waals surface area contributed by atoms with Crippen molar-refractivity contribution in [3.63, 3.8) is 0 Å². The van der Waals surface area contributed by atoms with E-state index in [9.17, 15) is 18.0 Å². The predicted octanol–water partition coefficient (Wildman–Crippen LogP) is 3.80. The van der Waals surface area contributed by atoms with E-state index in [1.807, 2.05) is 0 Å². The Morgan fingerprint density at radius 2 is 1.88 bits per heavy atom. The fourth-order valence-electron chi connectivity index (χ4n) is 1.97. The Hall–Kier alpha value is -2.69. The number of nitrogen functional groups attached to an aromatic ring is 1. The molecule has 11 heteroatoms. The van der Waals surface area contributed by atoms with Crippen molar-refractivity contribution in [2.24, 2.45) is 10.2 Å². The highest BCUT2D eigenvalue weighted by Crippen LogP contribution is 2.33. The molecule has 0 aliphatic heterocycles. The highest BCUT2D eigenvalue weighted by Gasteiger charge is 2.35. The lowest BCUT2D eigenvalue weighted by molar-refractivity contribution is -0.142. The van der Waals surface area contributed by atoms with Crippen molar-refractivity contribution < 1.29 is 13.2 Å². The van der Waals surface area contributed by atoms with E-state index >= 15 is 0 Å². The zero-order valence-electron chi connectivity index (χ0n) is 11.7. The minimum atomic E-state index is -4.77. The monoisotopic (exact) mass is 400 g/mol. The number of alkyl halides is 3. The molecule has 3 aromatic rings. The summed E-state index contributed by atoms with van der Waals surface area (Å²) in [6.07, 6.45) is -4.77. The third kappa shape index (κ3) is 3.02. The first-order valence-electron chi connectivity index (χ1n) is 6.42. The molecule has 0 aliphatic rings. The fourth-order valence-corrected chi connectivity index (χ4v) is 2.23. The lowest BCUT2D eigenvalue weighted by Gasteiger charge is -2.07. The molecular weight excluding hydrogens is 393 g/mol. The van der Waals surface area contributed by atoms with Crippen molar-refractivity contribution >= 4 is 38.8 Å². The van der Waals surface area contributed by atoms with Crippen LogP contribution >= 0.6 is 15.9 Å². The van der Waals surface area contributed by atoms with E-state index in [0.29, 0.717) is 16.3 Å². The van der Waals surface area contributed by atoms with Crippen LogP contribution in [-0.4, -0.2) is 14.6 Å². The standard InChI is InChI=1S/C13H8BrF3N6O/c14-6-1-3-7(4-2-6)20-21-10-11(18)22-23-8(13(15,16)17)5-9(24)19-12(10)23/h1-5H,(H2,18,22)(H,19,24). The molecule has 0 bridgehead atoms. The number of aromatic nitrogens is 3. The second-order valence-electron chi connectivity index (χ2n) is 4.69. The van der Waals surface area contributed by atoms with Crippen LogP contribution in [0.3, 0.4) is 0 Å². The van der Waals surface area contributed by atoms with Crippen LogP contribution in [0, 0.1) is 0 Å². The summed E-state index contributed by atoms with van der Waals surface area (Å²) in [4.78, 5) is 13.7. The van der Waals surface area contributed by atoms with Crippen molar-refractivity contribution in [1.82, 2.24) is 14.6 Å². The summed E-state index contributed by atoms with van der Waals surface area (Å²) in [7, 11) is 0. The maximum atomic E-state index is 13.0. The van der Waals surface area contributed by atoms with Crippen molar-refractivity contribution in [2.75, 3.05) is 5.73 Å². The van der Waals surface area contributed by atoms with E-state index in [0.717, 1.165) is 4.47 Å². The van der Waals surface area contributed by atoms with Gasteiger partial charge >= 0.3 is 6.18 Å². The molecular formula is C13H8BrF3N6O. The van der Waals surface area contributed by atoms with Crippen LogP contribution < -0.4 is 11.3 Å². The van der Waals surface area contributed by atoms with Crippen LogP contribution in [0.5, 0.6) is 0 Å². The Morgan fingerprint density at radius 1 is 1.21 bits per heavy atom. The van der Waals surface area contributed by atoms with Gasteiger partial charge in [-0.15, -0.1) is 10.2 Å². The molecule has 0 aliphatic carbocycles. The molecule has 0 atom stereocenters. The Balaban J connectivity index is 2.15. The van der Waals surface area contributed by atoms with E-state index in [-0.39, 0.29) is 17.2 Å². The molecule has 3 N–H and O–H groups in total. The van der Waals surface area contributed by atoms with Gasteiger partial charge in [0.1, 0.15) is 0 Å². The lowest BCUT2D eigenvalue weighted by Crippen LogP contribution is -2.19. The lowest BCUT2D eigenvalue weighted by atomic mass is 10.3. The molecule has 0 amide bonds. The molecule has 0 saturated heterocycles. The molecule has 2 heterocycles. The Morgan fingerprint density at radius 3 is 2.50 bits per heavy atom. The van der Waals surface area contributed by atoms with Crippen LogP contribution in [0.4, 0.5) is 30.4 Å². The molecule has 0 saturated carbocycles. The molecule has 0 fully saturated rings. The van der Waals surface area contributed by atoms with Gasteiger partial charge in [0, 0.05) is 10.5 Å². The summed E-state index contributed by atoms with van der Waals surface area (Å²) in [5.41, 5.74) is 3.43. The van der Waals surface area contributed by atoms with Crippen molar-refractivity contribution in [3.05, 3.63) is 50.9 Å². The first-order chi connectivity index (χ1) is 11.3. The topological polar surface area (TPSA) is 101 Å². The number of fused-ring (bicyclic) bond motifs is 1. The molecule has 2 aromatic heterocycles. The number of nitrogens with zero attached hydrogens (tertiary/aromatic N) is 4. The van der Waals surface area contributed by atoms with Crippen LogP contribution in [0.15, 0.2) is 49.8 Å². The molecule has 3 rings (SSSR count). The SMILES string of the molecule is Nc1nn2c(C(F)(F)F)cc(=O)[nH]c2c1N=Nc1ccc(Br)cc1. The zero-order chi connectivity index (χ0) is 17.5. The predicted molar refractivity (Wildman–Crippen MR) is 83.5 cm³/mol. The number of H-pyrrole nitrogens is 1. The van der Waals surface area contributed by atoms with E-state index in [1.165, 1.54) is 0 Å². The van der Waals surface area contributed by atoms with Crippen LogP contribution in [0.2, 0.25) is 0 Å². The smallest absolute Gasteiger partial charge is 0.380 e. The molecule has 24 heavy (non-hydrogen) atoms. The van der Waals surface area contributed by atoms with Gasteiger partial charge in [-0.1, -0.05) is 15.9 Å². The molecule has 1 aromatic carbocycles. The van der Waals surface area contributed by atoms with E-state index in [1.54, 1.807) is 24.3 Å². The van der Waals surface area contributed by atoms with Gasteiger partial charge in [0.15, 0.2) is 22.8 Å². The maximum Gasteiger partial charge on any atom is 0.433 e. The third-order valence-corrected chi connectivity index (χ3v) is 3.54. The van der Waals surface area contributed by atoms with Crippen LogP contribution in [0.1, 0.15) is 5.69 Å². The van der Waals surface area contributed by atoms with Gasteiger partial charge in [0.2, 0.25) is 0 Å². The summed E-state index contributed by atoms with van der Waals surface area (Å²) >= 11 is 3.26. The van der Waals surface area contributed by atoms with Gasteiger partial charge in [-0.25, -0.2) is 4.52 Å². The first kappa shape index (κ1) is 16.2. The summed E-state index contributed by atoms with van der Waals surface area (Å²) in [5, 5.41) is 11.3. The number of nitrogens with one attached hydrogen (secondary N) is 1. The minimum Gasteiger partial charge on any atom is -0.380 e. The molecule has 0 radical (unpaired) electrons. The van der Waals surface area contributed by atoms with Gasteiger partial charge in [-0.05, 0) is 24.3 Å². The van der Waals surface area contributed by atoms with Gasteiger partial charge in [0.05, 0.1) is 5.69 Å². The fraction of sp³-hybridized carbons (Fsp3) is 0.0769. The Kier molecular flexibility index (Phi) is 3.87. The van der Waals surface area contributed by atoms with E-state index in [4.69, 9.17) is 5.73 Å². The second-order valence-corrected chi connectivity index (χ2v) is 5.60. The minimum absolute atomic E-state index is 0.152. The van der Waals surface area contributed by atoms with Gasteiger partial charge < -0.3 is 10.7 Å². The second kappa shape index (κ2) is 5.74. The summed E-state index contributed by atoms with van der Waals surface area (Å²) in [6, 6.07) is 7.11. The largest absolute Gasteiger partial charge is 0.433 e. The molecule has 0 spiro atoms. The number of hydrogen-bond acceptors (Lipinski definition) is 5. The molecule has 124 valence electrons. The summed E-state index contributed by atoms with van der Waals surface area (Å²) in [6.45, 7) is 0. The number of hydrogen-bond donors (Lipinski definition) is 2. The van der Waals surface area contributed by atoms with E-state index in [2.05, 4.69) is 36.2 Å². The molecule has 0 unspecified atom stereocenters. The van der Waals surface area contributed by atoms with Crippen molar-refractivity contribution in [3.8, 4) is 0 Å². The number of nitrogens with two attached hydrogens (primary N) is 1. The normalized spacial score (nSPS) is 12.3. The van der Waals surface area contributed by atoms with Crippen LogP contribution in [-0.2, 0) is 6.18 Å². The van der Waals surface area contributed by atoms with Gasteiger partial charge in [-0.2, -0.15) is 18.3 Å². The number of aromatic amines is 1. The van der Waals surface area contributed by atoms with Gasteiger partial charge in [0.25, 0.3) is 5.56 Å². The number of anilines is 1. The van der Waals surface area contributed by atoms with Crippen molar-refractivity contribution in [2.45, 2.75) is 6.18 Å². The summed E-state index contributed by atoms with van der Waals surface area (Å²) < 4.78 is 40.4.